The predicted octanol–water partition coefficient (Wildman–Crippen LogP) is 2.63. The molecule has 0 spiro atoms. The second-order valence-corrected chi connectivity index (χ2v) is 6.00. The smallest absolute Gasteiger partial charge is 0.253 e. The molecule has 1 aliphatic heterocycles. The Morgan fingerprint density at radius 2 is 1.96 bits per heavy atom. The number of ether oxygens (including phenoxy) is 2. The lowest BCUT2D eigenvalue weighted by molar-refractivity contribution is -0.125. The standard InChI is InChI=1S/C20H22N2O4/c1-25-18-5-3-2-4-15(18)6-11-19(23)21-16-7-9-17(10-8-16)22-12-13-26-14-20(22)24/h2-5,7-10H,6,11-14H2,1H3,(H,21,23). The highest BCUT2D eigenvalue weighted by molar-refractivity contribution is 5.95. The summed E-state index contributed by atoms with van der Waals surface area (Å²) < 4.78 is 10.4. The molecule has 136 valence electrons. The number of hydrogen-bond donors (Lipinski definition) is 1. The molecule has 1 saturated heterocycles. The van der Waals surface area contributed by atoms with Crippen molar-refractivity contribution >= 4 is 23.2 Å². The number of nitrogens with one attached hydrogen (secondary N) is 1. The van der Waals surface area contributed by atoms with E-state index in [1.807, 2.05) is 36.4 Å². The highest BCUT2D eigenvalue weighted by atomic mass is 16.5. The van der Waals surface area contributed by atoms with E-state index in [4.69, 9.17) is 9.47 Å². The van der Waals surface area contributed by atoms with Crippen LogP contribution in [-0.2, 0) is 20.7 Å². The van der Waals surface area contributed by atoms with Gasteiger partial charge in [0.25, 0.3) is 5.91 Å². The lowest BCUT2D eigenvalue weighted by atomic mass is 10.1. The van der Waals surface area contributed by atoms with Crippen molar-refractivity contribution in [3.63, 3.8) is 0 Å². The molecule has 0 unspecified atom stereocenters. The Bertz CT molecular complexity index is 774. The van der Waals surface area contributed by atoms with Crippen LogP contribution in [0.1, 0.15) is 12.0 Å². The summed E-state index contributed by atoms with van der Waals surface area (Å²) in [6.45, 7) is 1.19. The number of benzene rings is 2. The molecule has 1 fully saturated rings. The molecule has 0 aromatic heterocycles. The Hall–Kier alpha value is -2.86. The number of carbonyl (C=O) groups excluding carboxylic acids is 2. The quantitative estimate of drug-likeness (QED) is 0.866. The number of aryl methyl sites for hydroxylation is 1. The monoisotopic (exact) mass is 354 g/mol. The molecule has 1 N–H and O–H groups in total. The number of nitrogens with zero attached hydrogens (tertiary/aromatic N) is 1. The number of morpholine rings is 1. The number of carbonyl (C=O) groups is 2. The van der Waals surface area contributed by atoms with Gasteiger partial charge in [0, 0.05) is 24.3 Å². The third kappa shape index (κ3) is 4.40. The zero-order valence-electron chi connectivity index (χ0n) is 14.7. The molecule has 26 heavy (non-hydrogen) atoms. The SMILES string of the molecule is COc1ccccc1CCC(=O)Nc1ccc(N2CCOCC2=O)cc1. The van der Waals surface area contributed by atoms with Crippen molar-refractivity contribution < 1.29 is 19.1 Å². The van der Waals surface area contributed by atoms with Gasteiger partial charge < -0.3 is 19.7 Å². The fourth-order valence-corrected chi connectivity index (χ4v) is 2.90. The van der Waals surface area contributed by atoms with Gasteiger partial charge in [-0.25, -0.2) is 0 Å². The van der Waals surface area contributed by atoms with Crippen LogP contribution in [-0.4, -0.2) is 38.7 Å². The summed E-state index contributed by atoms with van der Waals surface area (Å²) >= 11 is 0. The topological polar surface area (TPSA) is 67.9 Å². The summed E-state index contributed by atoms with van der Waals surface area (Å²) in [5, 5.41) is 2.88. The number of hydrogen-bond acceptors (Lipinski definition) is 4. The van der Waals surface area contributed by atoms with Crippen LogP contribution in [0.5, 0.6) is 5.75 Å². The average Bonchev–Trinajstić information content (AvgIpc) is 2.68. The molecule has 6 nitrogen and oxygen atoms in total. The van der Waals surface area contributed by atoms with E-state index >= 15 is 0 Å². The zero-order valence-corrected chi connectivity index (χ0v) is 14.7. The van der Waals surface area contributed by atoms with Crippen molar-refractivity contribution in [1.29, 1.82) is 0 Å². The number of amides is 2. The Labute approximate surface area is 152 Å². The zero-order chi connectivity index (χ0) is 18.4. The van der Waals surface area contributed by atoms with E-state index in [1.165, 1.54) is 0 Å². The third-order valence-corrected chi connectivity index (χ3v) is 4.26. The number of rotatable bonds is 6. The van der Waals surface area contributed by atoms with E-state index in [0.717, 1.165) is 17.0 Å². The van der Waals surface area contributed by atoms with Crippen molar-refractivity contribution in [2.75, 3.05) is 37.1 Å². The molecule has 1 heterocycles. The first kappa shape index (κ1) is 17.9. The molecule has 0 bridgehead atoms. The van der Waals surface area contributed by atoms with Crippen LogP contribution in [0.2, 0.25) is 0 Å². The van der Waals surface area contributed by atoms with E-state index in [9.17, 15) is 9.59 Å². The largest absolute Gasteiger partial charge is 0.496 e. The molecule has 3 rings (SSSR count). The van der Waals surface area contributed by atoms with E-state index in [-0.39, 0.29) is 18.4 Å². The maximum absolute atomic E-state index is 12.2. The summed E-state index contributed by atoms with van der Waals surface area (Å²) in [5.41, 5.74) is 2.52. The lowest BCUT2D eigenvalue weighted by Crippen LogP contribution is -2.41. The molecule has 0 saturated carbocycles. The van der Waals surface area contributed by atoms with Crippen LogP contribution in [0.4, 0.5) is 11.4 Å². The normalized spacial score (nSPS) is 14.2. The first-order valence-corrected chi connectivity index (χ1v) is 8.57. The van der Waals surface area contributed by atoms with Crippen molar-refractivity contribution in [2.45, 2.75) is 12.8 Å². The molecule has 2 aromatic rings. The van der Waals surface area contributed by atoms with Crippen LogP contribution in [0.15, 0.2) is 48.5 Å². The highest BCUT2D eigenvalue weighted by Crippen LogP contribution is 2.21. The Kier molecular flexibility index (Phi) is 5.86. The van der Waals surface area contributed by atoms with Crippen LogP contribution in [0, 0.1) is 0 Å². The first-order chi connectivity index (χ1) is 12.7. The van der Waals surface area contributed by atoms with Gasteiger partial charge in [0.15, 0.2) is 0 Å². The number of para-hydroxylation sites is 1. The molecule has 2 aromatic carbocycles. The van der Waals surface area contributed by atoms with Crippen molar-refractivity contribution in [3.05, 3.63) is 54.1 Å². The minimum absolute atomic E-state index is 0.0511. The molecule has 0 radical (unpaired) electrons. The molecule has 1 aliphatic rings. The second kappa shape index (κ2) is 8.49. The Morgan fingerprint density at radius 1 is 1.19 bits per heavy atom. The van der Waals surface area contributed by atoms with Crippen molar-refractivity contribution in [1.82, 2.24) is 0 Å². The minimum atomic E-state index is -0.0638. The molecular weight excluding hydrogens is 332 g/mol. The average molecular weight is 354 g/mol. The fraction of sp³-hybridized carbons (Fsp3) is 0.300. The molecular formula is C20H22N2O4. The Balaban J connectivity index is 1.55. The maximum Gasteiger partial charge on any atom is 0.253 e. The number of anilines is 2. The van der Waals surface area contributed by atoms with Gasteiger partial charge in [-0.3, -0.25) is 9.59 Å². The van der Waals surface area contributed by atoms with Crippen LogP contribution < -0.4 is 15.0 Å². The summed E-state index contributed by atoms with van der Waals surface area (Å²) in [4.78, 5) is 25.7. The summed E-state index contributed by atoms with van der Waals surface area (Å²) in [6, 6.07) is 15.0. The fourth-order valence-electron chi connectivity index (χ4n) is 2.90. The first-order valence-electron chi connectivity index (χ1n) is 8.57. The van der Waals surface area contributed by atoms with E-state index < -0.39 is 0 Å². The number of methoxy groups -OCH3 is 1. The van der Waals surface area contributed by atoms with Gasteiger partial charge in [0.05, 0.1) is 13.7 Å². The van der Waals surface area contributed by atoms with Gasteiger partial charge in [-0.15, -0.1) is 0 Å². The minimum Gasteiger partial charge on any atom is -0.496 e. The summed E-state index contributed by atoms with van der Waals surface area (Å²) in [5.74, 6) is 0.677. The van der Waals surface area contributed by atoms with Gasteiger partial charge in [-0.05, 0) is 42.3 Å². The maximum atomic E-state index is 12.2. The van der Waals surface area contributed by atoms with Gasteiger partial charge in [0.1, 0.15) is 12.4 Å². The van der Waals surface area contributed by atoms with Crippen LogP contribution >= 0.6 is 0 Å². The third-order valence-electron chi connectivity index (χ3n) is 4.26. The second-order valence-electron chi connectivity index (χ2n) is 6.00. The summed E-state index contributed by atoms with van der Waals surface area (Å²) in [7, 11) is 1.62. The van der Waals surface area contributed by atoms with Crippen LogP contribution in [0.25, 0.3) is 0 Å². The van der Waals surface area contributed by atoms with Crippen LogP contribution in [0.3, 0.4) is 0 Å². The van der Waals surface area contributed by atoms with Gasteiger partial charge in [-0.2, -0.15) is 0 Å². The van der Waals surface area contributed by atoms with Gasteiger partial charge in [-0.1, -0.05) is 18.2 Å². The van der Waals surface area contributed by atoms with E-state index in [0.29, 0.717) is 31.7 Å². The Morgan fingerprint density at radius 3 is 2.69 bits per heavy atom. The molecule has 0 aliphatic carbocycles. The molecule has 0 atom stereocenters. The highest BCUT2D eigenvalue weighted by Gasteiger charge is 2.19. The predicted molar refractivity (Wildman–Crippen MR) is 99.6 cm³/mol. The molecule has 2 amide bonds. The van der Waals surface area contributed by atoms with E-state index in [2.05, 4.69) is 5.32 Å². The van der Waals surface area contributed by atoms with Gasteiger partial charge >= 0.3 is 0 Å². The van der Waals surface area contributed by atoms with Crippen molar-refractivity contribution in [3.8, 4) is 5.75 Å². The van der Waals surface area contributed by atoms with E-state index in [1.54, 1.807) is 24.1 Å². The lowest BCUT2D eigenvalue weighted by Gasteiger charge is -2.26. The molecule has 6 heteroatoms. The summed E-state index contributed by atoms with van der Waals surface area (Å²) in [6.07, 6.45) is 0.973. The van der Waals surface area contributed by atoms with Crippen molar-refractivity contribution in [2.24, 2.45) is 0 Å². The van der Waals surface area contributed by atoms with Gasteiger partial charge in [0.2, 0.25) is 5.91 Å².